The molecule has 4 heteroatoms. The third-order valence-electron chi connectivity index (χ3n) is 2.11. The first-order valence-corrected chi connectivity index (χ1v) is 6.08. The van der Waals surface area contributed by atoms with Crippen molar-refractivity contribution in [1.29, 1.82) is 0 Å². The van der Waals surface area contributed by atoms with Crippen LogP contribution in [-0.4, -0.2) is 23.7 Å². The topological polar surface area (TPSA) is 49.3 Å². The molecule has 0 aromatic carbocycles. The average molecular weight is 227 g/mol. The molecule has 1 unspecified atom stereocenters. The quantitative estimate of drug-likeness (QED) is 0.775. The maximum absolute atomic E-state index is 11.3. The van der Waals surface area contributed by atoms with E-state index >= 15 is 0 Å². The summed E-state index contributed by atoms with van der Waals surface area (Å²) < 4.78 is 0. The highest BCUT2D eigenvalue weighted by Crippen LogP contribution is 2.05. The molecule has 0 aliphatic heterocycles. The molecule has 1 aromatic rings. The fourth-order valence-electron chi connectivity index (χ4n) is 1.21. The second-order valence-electron chi connectivity index (χ2n) is 3.62. The van der Waals surface area contributed by atoms with E-state index in [-0.39, 0.29) is 5.91 Å². The SMILES string of the molecule is CC(O)CCC(=O)NCCc1ccsc1. The summed E-state index contributed by atoms with van der Waals surface area (Å²) in [6, 6.07) is 2.06. The summed E-state index contributed by atoms with van der Waals surface area (Å²) in [6.45, 7) is 2.37. The first kappa shape index (κ1) is 12.2. The predicted molar refractivity (Wildman–Crippen MR) is 61.9 cm³/mol. The normalized spacial score (nSPS) is 12.4. The Morgan fingerprint density at radius 3 is 3.07 bits per heavy atom. The van der Waals surface area contributed by atoms with Gasteiger partial charge in [-0.3, -0.25) is 4.79 Å². The van der Waals surface area contributed by atoms with Crippen molar-refractivity contribution < 1.29 is 9.90 Å². The molecule has 0 aliphatic rings. The van der Waals surface area contributed by atoms with Crippen molar-refractivity contribution in [2.75, 3.05) is 6.54 Å². The van der Waals surface area contributed by atoms with E-state index in [0.717, 1.165) is 6.42 Å². The standard InChI is InChI=1S/C11H17NO2S/c1-9(13)2-3-11(14)12-6-4-10-5-7-15-8-10/h5,7-9,13H,2-4,6H2,1H3,(H,12,14). The molecule has 84 valence electrons. The number of aliphatic hydroxyl groups is 1. The highest BCUT2D eigenvalue weighted by atomic mass is 32.1. The molecule has 1 aromatic heterocycles. The maximum atomic E-state index is 11.3. The average Bonchev–Trinajstić information content (AvgIpc) is 2.67. The van der Waals surface area contributed by atoms with Gasteiger partial charge in [0.05, 0.1) is 6.10 Å². The van der Waals surface area contributed by atoms with Crippen LogP contribution in [0, 0.1) is 0 Å². The summed E-state index contributed by atoms with van der Waals surface area (Å²) in [5.41, 5.74) is 1.26. The molecule has 15 heavy (non-hydrogen) atoms. The molecule has 0 bridgehead atoms. The Kier molecular flexibility index (Phi) is 5.36. The highest BCUT2D eigenvalue weighted by Gasteiger charge is 2.03. The number of amides is 1. The molecular formula is C11H17NO2S. The summed E-state index contributed by atoms with van der Waals surface area (Å²) in [7, 11) is 0. The first-order chi connectivity index (χ1) is 7.18. The van der Waals surface area contributed by atoms with Crippen molar-refractivity contribution in [3.05, 3.63) is 22.4 Å². The molecule has 1 amide bonds. The summed E-state index contributed by atoms with van der Waals surface area (Å²) in [4.78, 5) is 11.3. The minimum Gasteiger partial charge on any atom is -0.393 e. The molecule has 1 heterocycles. The van der Waals surface area contributed by atoms with E-state index in [4.69, 9.17) is 5.11 Å². The smallest absolute Gasteiger partial charge is 0.220 e. The number of carbonyl (C=O) groups is 1. The van der Waals surface area contributed by atoms with Crippen molar-refractivity contribution in [2.45, 2.75) is 32.3 Å². The third kappa shape index (κ3) is 5.54. The minimum atomic E-state index is -0.396. The molecule has 3 nitrogen and oxygen atoms in total. The second-order valence-corrected chi connectivity index (χ2v) is 4.40. The van der Waals surface area contributed by atoms with E-state index in [1.165, 1.54) is 5.56 Å². The van der Waals surface area contributed by atoms with Crippen molar-refractivity contribution in [3.8, 4) is 0 Å². The van der Waals surface area contributed by atoms with Gasteiger partial charge in [0.2, 0.25) is 5.91 Å². The Morgan fingerprint density at radius 1 is 1.67 bits per heavy atom. The number of rotatable bonds is 6. The molecule has 0 spiro atoms. The van der Waals surface area contributed by atoms with Gasteiger partial charge in [0.15, 0.2) is 0 Å². The van der Waals surface area contributed by atoms with Gasteiger partial charge >= 0.3 is 0 Å². The number of thiophene rings is 1. The number of carbonyl (C=O) groups excluding carboxylic acids is 1. The van der Waals surface area contributed by atoms with Crippen LogP contribution in [0.15, 0.2) is 16.8 Å². The monoisotopic (exact) mass is 227 g/mol. The van der Waals surface area contributed by atoms with Gasteiger partial charge in [0.1, 0.15) is 0 Å². The lowest BCUT2D eigenvalue weighted by Gasteiger charge is -2.05. The summed E-state index contributed by atoms with van der Waals surface area (Å²) in [6.07, 6.45) is 1.42. The van der Waals surface area contributed by atoms with Gasteiger partial charge in [0.25, 0.3) is 0 Å². The van der Waals surface area contributed by atoms with Gasteiger partial charge in [-0.1, -0.05) is 0 Å². The van der Waals surface area contributed by atoms with E-state index in [1.54, 1.807) is 18.3 Å². The van der Waals surface area contributed by atoms with Crippen molar-refractivity contribution in [3.63, 3.8) is 0 Å². The van der Waals surface area contributed by atoms with Crippen LogP contribution in [0.25, 0.3) is 0 Å². The van der Waals surface area contributed by atoms with Crippen molar-refractivity contribution in [1.82, 2.24) is 5.32 Å². The van der Waals surface area contributed by atoms with E-state index in [0.29, 0.717) is 19.4 Å². The van der Waals surface area contributed by atoms with Crippen LogP contribution in [0.5, 0.6) is 0 Å². The van der Waals surface area contributed by atoms with Gasteiger partial charge in [0, 0.05) is 13.0 Å². The fourth-order valence-corrected chi connectivity index (χ4v) is 1.91. The van der Waals surface area contributed by atoms with Gasteiger partial charge < -0.3 is 10.4 Å². The molecule has 1 atom stereocenters. The Hall–Kier alpha value is -0.870. The van der Waals surface area contributed by atoms with Crippen LogP contribution in [-0.2, 0) is 11.2 Å². The molecule has 0 saturated heterocycles. The molecule has 1 rings (SSSR count). The first-order valence-electron chi connectivity index (χ1n) is 5.14. The van der Waals surface area contributed by atoms with Crippen molar-refractivity contribution >= 4 is 17.2 Å². The lowest BCUT2D eigenvalue weighted by molar-refractivity contribution is -0.121. The molecule has 0 fully saturated rings. The number of hydrogen-bond donors (Lipinski definition) is 2. The summed E-state index contributed by atoms with van der Waals surface area (Å²) >= 11 is 1.67. The predicted octanol–water partition coefficient (Wildman–Crippen LogP) is 1.57. The van der Waals surface area contributed by atoms with E-state index in [2.05, 4.69) is 16.8 Å². The van der Waals surface area contributed by atoms with Crippen LogP contribution >= 0.6 is 11.3 Å². The summed E-state index contributed by atoms with van der Waals surface area (Å²) in [5.74, 6) is 0.0196. The largest absolute Gasteiger partial charge is 0.393 e. The lowest BCUT2D eigenvalue weighted by atomic mass is 10.2. The molecule has 0 radical (unpaired) electrons. The van der Waals surface area contributed by atoms with Crippen LogP contribution in [0.3, 0.4) is 0 Å². The van der Waals surface area contributed by atoms with E-state index in [9.17, 15) is 4.79 Å². The number of aliphatic hydroxyl groups excluding tert-OH is 1. The number of hydrogen-bond acceptors (Lipinski definition) is 3. The Labute approximate surface area is 94.1 Å². The second kappa shape index (κ2) is 6.58. The maximum Gasteiger partial charge on any atom is 0.220 e. The third-order valence-corrected chi connectivity index (χ3v) is 2.84. The summed E-state index contributed by atoms with van der Waals surface area (Å²) in [5, 5.41) is 15.9. The zero-order chi connectivity index (χ0) is 11.1. The fraction of sp³-hybridized carbons (Fsp3) is 0.545. The van der Waals surface area contributed by atoms with Gasteiger partial charge in [-0.05, 0) is 42.2 Å². The zero-order valence-electron chi connectivity index (χ0n) is 8.90. The van der Waals surface area contributed by atoms with Crippen LogP contribution in [0.1, 0.15) is 25.3 Å². The minimum absolute atomic E-state index is 0.0196. The Balaban J connectivity index is 2.07. The highest BCUT2D eigenvalue weighted by molar-refractivity contribution is 7.07. The molecule has 2 N–H and O–H groups in total. The van der Waals surface area contributed by atoms with E-state index < -0.39 is 6.10 Å². The van der Waals surface area contributed by atoms with Crippen LogP contribution in [0.2, 0.25) is 0 Å². The molecule has 0 aliphatic carbocycles. The Morgan fingerprint density at radius 2 is 2.47 bits per heavy atom. The zero-order valence-corrected chi connectivity index (χ0v) is 9.72. The molecule has 0 saturated carbocycles. The van der Waals surface area contributed by atoms with Crippen LogP contribution in [0.4, 0.5) is 0 Å². The van der Waals surface area contributed by atoms with Gasteiger partial charge in [-0.15, -0.1) is 0 Å². The van der Waals surface area contributed by atoms with E-state index in [1.807, 2.05) is 5.38 Å². The Bertz CT molecular complexity index is 283. The van der Waals surface area contributed by atoms with Crippen LogP contribution < -0.4 is 5.32 Å². The lowest BCUT2D eigenvalue weighted by Crippen LogP contribution is -2.26. The van der Waals surface area contributed by atoms with Crippen molar-refractivity contribution in [2.24, 2.45) is 0 Å². The van der Waals surface area contributed by atoms with Gasteiger partial charge in [-0.25, -0.2) is 0 Å². The number of nitrogens with one attached hydrogen (secondary N) is 1. The molecular weight excluding hydrogens is 210 g/mol. The van der Waals surface area contributed by atoms with Gasteiger partial charge in [-0.2, -0.15) is 11.3 Å².